The van der Waals surface area contributed by atoms with Crippen molar-refractivity contribution < 1.29 is 66.4 Å². The Labute approximate surface area is 374 Å². The van der Waals surface area contributed by atoms with Crippen LogP contribution in [0, 0.1) is 0 Å². The SMILES string of the molecule is CC1(C)C(/C=C/C2=C(c3cccc(C(=O)O)c3)C(=C/C=C3\N(CCCCS(=O)(=O)O)c4ccc(S(=O)(=O)O)cc4C3(C)C)/CC2)=[N+](CCCCS(=O)(=O)O)c2ccc(S(=O)(=O)O)cc21. The lowest BCUT2D eigenvalue weighted by Crippen LogP contribution is -2.28. The van der Waals surface area contributed by atoms with Gasteiger partial charge in [-0.05, 0) is 122 Å². The summed E-state index contributed by atoms with van der Waals surface area (Å²) in [5.74, 6) is -2.01. The van der Waals surface area contributed by atoms with E-state index < -0.39 is 68.8 Å². The molecular formula is C44H51N2O14S4+. The van der Waals surface area contributed by atoms with E-state index in [1.54, 1.807) is 30.3 Å². The molecule has 0 aromatic heterocycles. The standard InChI is InChI=1S/C44H50N2O14S4/c1-43(2)35-27-33(63(55,56)57)16-18-37(35)45(22-5-7-24-61(49,50)51)39(43)20-14-29-12-13-30(41(29)31-10-9-11-32(26-31)42(47)48)15-21-40-44(3,4)36-28-34(64(58,59)60)17-19-38(36)46(40)23-6-8-25-62(52,53)54/h9-11,14-21,26-28H,5-8,12-13,22-25H2,1-4H3,(H4-,47,48,49,50,51,52,53,54,55,56,57,58,59,60)/p+1. The van der Waals surface area contributed by atoms with Gasteiger partial charge in [-0.2, -0.15) is 38.2 Å². The van der Waals surface area contributed by atoms with Crippen LogP contribution in [0.3, 0.4) is 0 Å². The zero-order chi connectivity index (χ0) is 47.2. The van der Waals surface area contributed by atoms with Crippen molar-refractivity contribution in [1.29, 1.82) is 0 Å². The molecule has 3 aliphatic rings. The molecule has 0 atom stereocenters. The number of rotatable bonds is 17. The number of hydrogen-bond donors (Lipinski definition) is 5. The van der Waals surface area contributed by atoms with Crippen molar-refractivity contribution in [2.24, 2.45) is 0 Å². The third-order valence-electron chi connectivity index (χ3n) is 12.0. The van der Waals surface area contributed by atoms with Crippen LogP contribution in [0.2, 0.25) is 0 Å². The second-order valence-electron chi connectivity index (χ2n) is 17.1. The highest BCUT2D eigenvalue weighted by molar-refractivity contribution is 7.86. The van der Waals surface area contributed by atoms with Crippen LogP contribution in [0.1, 0.15) is 93.3 Å². The Balaban J connectivity index is 1.48. The van der Waals surface area contributed by atoms with Gasteiger partial charge in [-0.15, -0.1) is 0 Å². The average Bonchev–Trinajstić information content (AvgIpc) is 3.76. The first kappa shape index (κ1) is 48.7. The number of carbonyl (C=O) groups is 1. The van der Waals surface area contributed by atoms with E-state index >= 15 is 0 Å². The van der Waals surface area contributed by atoms with Crippen LogP contribution in [0.15, 0.2) is 112 Å². The van der Waals surface area contributed by atoms with Crippen molar-refractivity contribution in [2.45, 2.75) is 86.8 Å². The summed E-state index contributed by atoms with van der Waals surface area (Å²) in [6.45, 7) is 8.18. The Bertz CT molecular complexity index is 3030. The highest BCUT2D eigenvalue weighted by Gasteiger charge is 2.45. The van der Waals surface area contributed by atoms with Crippen LogP contribution in [-0.4, -0.2) is 97.8 Å². The second kappa shape index (κ2) is 17.9. The van der Waals surface area contributed by atoms with Crippen LogP contribution in [0.4, 0.5) is 11.4 Å². The van der Waals surface area contributed by atoms with E-state index in [0.717, 1.165) is 28.1 Å². The maximum Gasteiger partial charge on any atom is 0.335 e. The summed E-state index contributed by atoms with van der Waals surface area (Å²) in [6, 6.07) is 15.1. The summed E-state index contributed by atoms with van der Waals surface area (Å²) in [6.07, 6.45) is 9.65. The molecule has 20 heteroatoms. The normalized spacial score (nSPS) is 18.8. The molecule has 0 saturated carbocycles. The molecule has 0 fully saturated rings. The van der Waals surface area contributed by atoms with Crippen molar-refractivity contribution in [3.05, 3.63) is 124 Å². The molecule has 0 radical (unpaired) electrons. The van der Waals surface area contributed by atoms with E-state index in [2.05, 4.69) is 0 Å². The zero-order valence-electron chi connectivity index (χ0n) is 35.6. The Morgan fingerprint density at radius 3 is 1.92 bits per heavy atom. The number of benzene rings is 3. The summed E-state index contributed by atoms with van der Waals surface area (Å²) in [5.41, 5.74) is 5.41. The van der Waals surface area contributed by atoms with E-state index in [0.29, 0.717) is 66.8 Å². The van der Waals surface area contributed by atoms with Gasteiger partial charge in [0.15, 0.2) is 5.71 Å². The number of hydrogen-bond acceptors (Lipinski definition) is 10. The topological polar surface area (TPSA) is 261 Å². The molecule has 1 aliphatic carbocycles. The molecule has 64 heavy (non-hydrogen) atoms. The molecule has 16 nitrogen and oxygen atoms in total. The fraction of sp³-hybridized carbons (Fsp3) is 0.364. The first-order valence-electron chi connectivity index (χ1n) is 20.3. The molecule has 0 spiro atoms. The largest absolute Gasteiger partial charge is 0.478 e. The van der Waals surface area contributed by atoms with Gasteiger partial charge in [-0.3, -0.25) is 18.2 Å². The number of unbranched alkanes of at least 4 members (excludes halogenated alkanes) is 2. The van der Waals surface area contributed by atoms with Gasteiger partial charge in [0.25, 0.3) is 40.5 Å². The maximum absolute atomic E-state index is 12.2. The Kier molecular flexibility index (Phi) is 13.6. The van der Waals surface area contributed by atoms with Crippen LogP contribution in [-0.2, 0) is 51.3 Å². The van der Waals surface area contributed by atoms with Gasteiger partial charge in [0.05, 0.1) is 32.3 Å². The Morgan fingerprint density at radius 1 is 0.703 bits per heavy atom. The monoisotopic (exact) mass is 959 g/mol. The number of fused-ring (bicyclic) bond motifs is 2. The van der Waals surface area contributed by atoms with Crippen LogP contribution in [0.25, 0.3) is 5.57 Å². The minimum atomic E-state index is -4.55. The minimum Gasteiger partial charge on any atom is -0.478 e. The smallest absolute Gasteiger partial charge is 0.335 e. The van der Waals surface area contributed by atoms with E-state index in [-0.39, 0.29) is 28.2 Å². The van der Waals surface area contributed by atoms with Crippen molar-refractivity contribution in [2.75, 3.05) is 29.5 Å². The van der Waals surface area contributed by atoms with Crippen LogP contribution in [0.5, 0.6) is 0 Å². The zero-order valence-corrected chi connectivity index (χ0v) is 38.9. The maximum atomic E-state index is 12.2. The molecular weight excluding hydrogens is 909 g/mol. The lowest BCUT2D eigenvalue weighted by Gasteiger charge is -2.27. The Hall–Kier alpha value is -4.80. The van der Waals surface area contributed by atoms with Gasteiger partial charge >= 0.3 is 5.97 Å². The van der Waals surface area contributed by atoms with Gasteiger partial charge in [-0.1, -0.05) is 38.1 Å². The third kappa shape index (κ3) is 10.7. The number of carboxylic acids is 1. The van der Waals surface area contributed by atoms with E-state index in [4.69, 9.17) is 0 Å². The number of aromatic carboxylic acids is 1. The average molecular weight is 960 g/mol. The lowest BCUT2D eigenvalue weighted by atomic mass is 9.81. The Morgan fingerprint density at radius 2 is 1.31 bits per heavy atom. The first-order valence-corrected chi connectivity index (χ1v) is 26.4. The van der Waals surface area contributed by atoms with Crippen molar-refractivity contribution in [3.8, 4) is 0 Å². The second-order valence-corrected chi connectivity index (χ2v) is 23.1. The summed E-state index contributed by atoms with van der Waals surface area (Å²) in [7, 11) is -17.5. The van der Waals surface area contributed by atoms with Gasteiger partial charge in [0.2, 0.25) is 5.69 Å². The summed E-state index contributed by atoms with van der Waals surface area (Å²) >= 11 is 0. The van der Waals surface area contributed by atoms with Gasteiger partial charge in [0.1, 0.15) is 6.54 Å². The number of carboxylic acid groups (broad SMARTS) is 1. The number of anilines is 1. The van der Waals surface area contributed by atoms with Gasteiger partial charge in [0, 0.05) is 47.5 Å². The predicted octanol–water partition coefficient (Wildman–Crippen LogP) is 7.00. The van der Waals surface area contributed by atoms with Crippen LogP contribution < -0.4 is 4.90 Å². The van der Waals surface area contributed by atoms with Gasteiger partial charge < -0.3 is 10.0 Å². The highest BCUT2D eigenvalue weighted by atomic mass is 32.2. The molecule has 2 aliphatic heterocycles. The molecule has 3 aromatic carbocycles. The van der Waals surface area contributed by atoms with E-state index in [1.165, 1.54) is 30.3 Å². The summed E-state index contributed by atoms with van der Waals surface area (Å²) in [5, 5.41) is 9.96. The van der Waals surface area contributed by atoms with E-state index in [9.17, 15) is 61.8 Å². The fourth-order valence-corrected chi connectivity index (χ4v) is 11.0. The van der Waals surface area contributed by atoms with E-state index in [1.807, 2.05) is 61.5 Å². The molecule has 0 bridgehead atoms. The molecule has 0 saturated heterocycles. The molecule has 5 N–H and O–H groups in total. The molecule has 0 unspecified atom stereocenters. The number of nitrogens with zero attached hydrogens (tertiary/aromatic N) is 2. The molecule has 6 rings (SSSR count). The van der Waals surface area contributed by atoms with Gasteiger partial charge in [-0.25, -0.2) is 4.79 Å². The summed E-state index contributed by atoms with van der Waals surface area (Å²) in [4.78, 5) is 13.6. The molecule has 2 heterocycles. The fourth-order valence-electron chi connectivity index (χ4n) is 8.82. The summed E-state index contributed by atoms with van der Waals surface area (Å²) < 4.78 is 135. The van der Waals surface area contributed by atoms with Crippen molar-refractivity contribution in [3.63, 3.8) is 0 Å². The quantitative estimate of drug-likeness (QED) is 0.0518. The molecule has 3 aromatic rings. The molecule has 344 valence electrons. The first-order chi connectivity index (χ1) is 29.6. The van der Waals surface area contributed by atoms with Crippen LogP contribution >= 0.6 is 0 Å². The van der Waals surface area contributed by atoms with Crippen molar-refractivity contribution in [1.82, 2.24) is 0 Å². The highest BCUT2D eigenvalue weighted by Crippen LogP contribution is 2.49. The van der Waals surface area contributed by atoms with Crippen molar-refractivity contribution >= 4 is 69.1 Å². The molecule has 0 amide bonds. The predicted molar refractivity (Wildman–Crippen MR) is 242 cm³/mol. The number of allylic oxidation sites excluding steroid dienone is 8. The minimum absolute atomic E-state index is 0.0588. The third-order valence-corrected chi connectivity index (χ3v) is 15.3. The lowest BCUT2D eigenvalue weighted by molar-refractivity contribution is -0.438.